The predicted molar refractivity (Wildman–Crippen MR) is 99.9 cm³/mol. The first-order valence-electron chi connectivity index (χ1n) is 8.94. The summed E-state index contributed by atoms with van der Waals surface area (Å²) in [6, 6.07) is 3.52. The van der Waals surface area contributed by atoms with Crippen LogP contribution < -0.4 is 9.47 Å². The minimum Gasteiger partial charge on any atom is -0.470 e. The smallest absolute Gasteiger partial charge is 0.311 e. The summed E-state index contributed by atoms with van der Waals surface area (Å²) < 4.78 is 19.6. The largest absolute Gasteiger partial charge is 0.470 e. The molecule has 0 amide bonds. The summed E-state index contributed by atoms with van der Waals surface area (Å²) in [7, 11) is 1.80. The molecule has 11 heteroatoms. The number of ether oxygens (including phenoxy) is 2. The third-order valence-corrected chi connectivity index (χ3v) is 4.23. The molecule has 1 aliphatic rings. The van der Waals surface area contributed by atoms with Crippen LogP contribution in [0.5, 0.6) is 11.8 Å². The Hall–Kier alpha value is -4.02. The number of hydrogen-bond acceptors (Lipinski definition) is 9. The molecule has 29 heavy (non-hydrogen) atoms. The minimum atomic E-state index is 0.228. The first-order chi connectivity index (χ1) is 14.2. The van der Waals surface area contributed by atoms with Crippen molar-refractivity contribution in [1.82, 2.24) is 40.0 Å². The summed E-state index contributed by atoms with van der Waals surface area (Å²) >= 11 is 0. The van der Waals surface area contributed by atoms with Crippen molar-refractivity contribution in [1.29, 1.82) is 0 Å². The molecule has 0 aliphatic heterocycles. The lowest BCUT2D eigenvalue weighted by atomic mass is 10.0. The molecule has 0 bridgehead atoms. The number of nitrogens with zero attached hydrogens (tertiary/aromatic N) is 8. The number of fused-ring (bicyclic) bond motifs is 1. The Labute approximate surface area is 164 Å². The summed E-state index contributed by atoms with van der Waals surface area (Å²) in [6.07, 6.45) is 7.69. The standard InChI is InChI=1S/C18H16N8O3/c1-3-27-16-8-14(23-29-16)17-21-20-15-7-13(11-5-4-6-11)18(22-26(15)17)28-10-12-9-25(2)24-19-12/h4-9H,3,10H2,1-2H3. The highest BCUT2D eigenvalue weighted by molar-refractivity contribution is 5.84. The first kappa shape index (κ1) is 17.1. The lowest BCUT2D eigenvalue weighted by Crippen LogP contribution is -2.06. The predicted octanol–water partition coefficient (Wildman–Crippen LogP) is 1.84. The fourth-order valence-corrected chi connectivity index (χ4v) is 2.84. The van der Waals surface area contributed by atoms with Gasteiger partial charge in [-0.15, -0.1) is 20.4 Å². The Morgan fingerprint density at radius 2 is 2.03 bits per heavy atom. The van der Waals surface area contributed by atoms with Crippen molar-refractivity contribution in [3.63, 3.8) is 0 Å². The zero-order valence-electron chi connectivity index (χ0n) is 15.7. The van der Waals surface area contributed by atoms with Crippen LogP contribution in [0.25, 0.3) is 22.7 Å². The molecule has 4 heterocycles. The van der Waals surface area contributed by atoms with Crippen LogP contribution in [0.1, 0.15) is 18.2 Å². The fraction of sp³-hybridized carbons (Fsp3) is 0.222. The van der Waals surface area contributed by atoms with E-state index in [1.807, 2.05) is 31.2 Å². The molecule has 0 unspecified atom stereocenters. The molecule has 4 aromatic heterocycles. The molecule has 5 rings (SSSR count). The van der Waals surface area contributed by atoms with Gasteiger partial charge in [0.2, 0.25) is 11.7 Å². The molecule has 0 N–H and O–H groups in total. The summed E-state index contributed by atoms with van der Waals surface area (Å²) in [5, 5.41) is 25.0. The zero-order chi connectivity index (χ0) is 19.8. The molecule has 0 radical (unpaired) electrons. The van der Waals surface area contributed by atoms with E-state index >= 15 is 0 Å². The second-order valence-electron chi connectivity index (χ2n) is 6.27. The second-order valence-corrected chi connectivity index (χ2v) is 6.27. The van der Waals surface area contributed by atoms with E-state index in [1.54, 1.807) is 28.5 Å². The SMILES string of the molecule is CCOc1cc(-c2nnc3cc(C4=CC=C4)c(OCc4cn(C)nn4)nn23)no1. The first-order valence-corrected chi connectivity index (χ1v) is 8.94. The van der Waals surface area contributed by atoms with Gasteiger partial charge in [0.05, 0.1) is 18.9 Å². The molecule has 0 atom stereocenters. The Kier molecular flexibility index (Phi) is 4.04. The maximum absolute atomic E-state index is 5.96. The maximum atomic E-state index is 5.96. The molecular weight excluding hydrogens is 376 g/mol. The van der Waals surface area contributed by atoms with Gasteiger partial charge in [-0.1, -0.05) is 28.6 Å². The average Bonchev–Trinajstić information content (AvgIpc) is 3.38. The van der Waals surface area contributed by atoms with Crippen LogP contribution in [-0.2, 0) is 13.7 Å². The second kappa shape index (κ2) is 6.86. The Morgan fingerprint density at radius 3 is 2.76 bits per heavy atom. The Morgan fingerprint density at radius 1 is 1.14 bits per heavy atom. The lowest BCUT2D eigenvalue weighted by Gasteiger charge is -2.13. The number of aryl methyl sites for hydroxylation is 1. The van der Waals surface area contributed by atoms with Crippen LogP contribution in [0, 0.1) is 0 Å². The number of rotatable bonds is 7. The van der Waals surface area contributed by atoms with Crippen molar-refractivity contribution in [3.8, 4) is 23.3 Å². The van der Waals surface area contributed by atoms with Crippen LogP contribution in [0.4, 0.5) is 0 Å². The highest BCUT2D eigenvalue weighted by Gasteiger charge is 2.20. The van der Waals surface area contributed by atoms with E-state index in [-0.39, 0.29) is 6.61 Å². The van der Waals surface area contributed by atoms with E-state index in [0.717, 1.165) is 11.1 Å². The number of aromatic nitrogens is 8. The van der Waals surface area contributed by atoms with E-state index in [1.165, 1.54) is 0 Å². The zero-order valence-corrected chi connectivity index (χ0v) is 15.7. The van der Waals surface area contributed by atoms with Gasteiger partial charge in [0.25, 0.3) is 0 Å². The quantitative estimate of drug-likeness (QED) is 0.464. The van der Waals surface area contributed by atoms with Crippen LogP contribution in [-0.4, -0.2) is 46.6 Å². The molecule has 0 spiro atoms. The lowest BCUT2D eigenvalue weighted by molar-refractivity contribution is 0.226. The summed E-state index contributed by atoms with van der Waals surface area (Å²) in [6.45, 7) is 2.56. The van der Waals surface area contributed by atoms with Crippen molar-refractivity contribution >= 4 is 11.2 Å². The molecule has 0 saturated heterocycles. The molecule has 0 fully saturated rings. The molecular formula is C18H16N8O3. The van der Waals surface area contributed by atoms with Crippen molar-refractivity contribution in [2.24, 2.45) is 7.05 Å². The van der Waals surface area contributed by atoms with Crippen molar-refractivity contribution in [2.45, 2.75) is 13.5 Å². The molecule has 11 nitrogen and oxygen atoms in total. The van der Waals surface area contributed by atoms with Crippen LogP contribution >= 0.6 is 0 Å². The van der Waals surface area contributed by atoms with E-state index in [0.29, 0.717) is 41.3 Å². The average molecular weight is 392 g/mol. The maximum Gasteiger partial charge on any atom is 0.311 e. The topological polar surface area (TPSA) is 118 Å². The van der Waals surface area contributed by atoms with Gasteiger partial charge in [0.1, 0.15) is 12.3 Å². The third-order valence-electron chi connectivity index (χ3n) is 4.23. The van der Waals surface area contributed by atoms with Gasteiger partial charge in [-0.25, -0.2) is 0 Å². The minimum absolute atomic E-state index is 0.228. The summed E-state index contributed by atoms with van der Waals surface area (Å²) in [5.74, 6) is 1.15. The molecule has 0 aromatic carbocycles. The van der Waals surface area contributed by atoms with Gasteiger partial charge < -0.3 is 14.0 Å². The monoisotopic (exact) mass is 392 g/mol. The van der Waals surface area contributed by atoms with Gasteiger partial charge in [0, 0.05) is 12.6 Å². The van der Waals surface area contributed by atoms with Crippen molar-refractivity contribution in [2.75, 3.05) is 6.61 Å². The van der Waals surface area contributed by atoms with E-state index in [9.17, 15) is 0 Å². The van der Waals surface area contributed by atoms with Gasteiger partial charge >= 0.3 is 5.95 Å². The number of allylic oxidation sites excluding steroid dienone is 4. The third kappa shape index (κ3) is 3.12. The van der Waals surface area contributed by atoms with Crippen molar-refractivity contribution < 1.29 is 14.0 Å². The van der Waals surface area contributed by atoms with E-state index in [4.69, 9.17) is 14.0 Å². The van der Waals surface area contributed by atoms with Crippen LogP contribution in [0.2, 0.25) is 0 Å². The molecule has 146 valence electrons. The fourth-order valence-electron chi connectivity index (χ4n) is 2.84. The van der Waals surface area contributed by atoms with Gasteiger partial charge in [0.15, 0.2) is 11.3 Å². The van der Waals surface area contributed by atoms with Gasteiger partial charge in [-0.3, -0.25) is 4.68 Å². The Balaban J connectivity index is 1.53. The highest BCUT2D eigenvalue weighted by Crippen LogP contribution is 2.31. The Bertz CT molecular complexity index is 1250. The van der Waals surface area contributed by atoms with Crippen LogP contribution in [0.3, 0.4) is 0 Å². The number of hydrogen-bond donors (Lipinski definition) is 0. The van der Waals surface area contributed by atoms with Gasteiger partial charge in [-0.05, 0) is 18.6 Å². The van der Waals surface area contributed by atoms with E-state index < -0.39 is 0 Å². The van der Waals surface area contributed by atoms with E-state index in [2.05, 4.69) is 30.8 Å². The molecule has 0 saturated carbocycles. The molecule has 4 aromatic rings. The highest BCUT2D eigenvalue weighted by atomic mass is 16.6. The van der Waals surface area contributed by atoms with Crippen molar-refractivity contribution in [3.05, 3.63) is 47.8 Å². The van der Waals surface area contributed by atoms with Crippen LogP contribution in [0.15, 0.2) is 41.1 Å². The summed E-state index contributed by atoms with van der Waals surface area (Å²) in [4.78, 5) is 0. The molecule has 1 aliphatic carbocycles. The normalized spacial score (nSPS) is 12.8. The van der Waals surface area contributed by atoms with Gasteiger partial charge in [-0.2, -0.15) is 4.52 Å². The summed E-state index contributed by atoms with van der Waals surface area (Å²) in [5.41, 5.74) is 3.53.